The van der Waals surface area contributed by atoms with E-state index in [-0.39, 0.29) is 10.7 Å². The summed E-state index contributed by atoms with van der Waals surface area (Å²) in [6.07, 6.45) is 0. The van der Waals surface area contributed by atoms with Crippen LogP contribution in [0, 0.1) is 12.7 Å². The van der Waals surface area contributed by atoms with Gasteiger partial charge in [0.25, 0.3) is 0 Å². The van der Waals surface area contributed by atoms with Crippen LogP contribution in [0.15, 0.2) is 28.7 Å². The molecule has 1 aromatic carbocycles. The normalized spacial score (nSPS) is 11.2. The van der Waals surface area contributed by atoms with E-state index in [1.807, 2.05) is 19.1 Å². The van der Waals surface area contributed by atoms with Crippen molar-refractivity contribution in [3.63, 3.8) is 0 Å². The fourth-order valence-electron chi connectivity index (χ4n) is 1.79. The Balaban J connectivity index is 2.33. The summed E-state index contributed by atoms with van der Waals surface area (Å²) >= 11 is 11.0. The molecule has 2 heterocycles. The first-order valence-corrected chi connectivity index (χ1v) is 7.43. The number of halogens is 3. The third-order valence-electron chi connectivity index (χ3n) is 2.67. The lowest BCUT2D eigenvalue weighted by Crippen LogP contribution is -1.93. The predicted molar refractivity (Wildman–Crippen MR) is 80.3 cm³/mol. The lowest BCUT2D eigenvalue weighted by molar-refractivity contribution is 0.636. The van der Waals surface area contributed by atoms with E-state index in [9.17, 15) is 4.39 Å². The van der Waals surface area contributed by atoms with Gasteiger partial charge in [-0.15, -0.1) is 11.3 Å². The molecular weight excluding hydrogens is 351 g/mol. The number of nitrogens with zero attached hydrogens (tertiary/aromatic N) is 2. The second-order valence-electron chi connectivity index (χ2n) is 4.00. The summed E-state index contributed by atoms with van der Waals surface area (Å²) in [7, 11) is 0. The molecule has 0 unspecified atom stereocenters. The lowest BCUT2D eigenvalue weighted by Gasteiger charge is -2.05. The van der Waals surface area contributed by atoms with Crippen LogP contribution in [-0.4, -0.2) is 9.97 Å². The number of aromatic nitrogens is 2. The molecule has 3 rings (SSSR count). The maximum absolute atomic E-state index is 13.9. The number of hydrogen-bond acceptors (Lipinski definition) is 3. The third kappa shape index (κ3) is 2.26. The standard InChI is InChI=1S/C13H7BrClFN2S/c1-6-2-5-9(19-6)13-17-11-8(16)4-3-7(14)10(11)12(15)18-13/h2-5H,1H3. The Morgan fingerprint density at radius 3 is 2.68 bits per heavy atom. The molecule has 0 aliphatic heterocycles. The summed E-state index contributed by atoms with van der Waals surface area (Å²) in [6, 6.07) is 6.84. The fourth-order valence-corrected chi connectivity index (χ4v) is 3.49. The van der Waals surface area contributed by atoms with Crippen molar-refractivity contribution in [3.05, 3.63) is 44.6 Å². The van der Waals surface area contributed by atoms with Gasteiger partial charge in [-0.1, -0.05) is 11.6 Å². The molecule has 2 nitrogen and oxygen atoms in total. The van der Waals surface area contributed by atoms with Crippen molar-refractivity contribution in [2.24, 2.45) is 0 Å². The number of aryl methyl sites for hydroxylation is 1. The zero-order chi connectivity index (χ0) is 13.6. The van der Waals surface area contributed by atoms with Crippen LogP contribution in [0.25, 0.3) is 21.6 Å². The van der Waals surface area contributed by atoms with Crippen LogP contribution in [0.2, 0.25) is 5.15 Å². The number of hydrogen-bond donors (Lipinski definition) is 0. The van der Waals surface area contributed by atoms with E-state index >= 15 is 0 Å². The van der Waals surface area contributed by atoms with Crippen molar-refractivity contribution in [1.29, 1.82) is 0 Å². The Kier molecular flexibility index (Phi) is 3.28. The topological polar surface area (TPSA) is 25.8 Å². The number of thiophene rings is 1. The van der Waals surface area contributed by atoms with Gasteiger partial charge in [-0.2, -0.15) is 0 Å². The van der Waals surface area contributed by atoms with Gasteiger partial charge in [0.2, 0.25) is 0 Å². The van der Waals surface area contributed by atoms with Crippen molar-refractivity contribution < 1.29 is 4.39 Å². The van der Waals surface area contributed by atoms with Crippen LogP contribution in [0.1, 0.15) is 4.88 Å². The minimum atomic E-state index is -0.406. The molecule has 0 saturated heterocycles. The smallest absolute Gasteiger partial charge is 0.171 e. The van der Waals surface area contributed by atoms with Crippen LogP contribution in [0.4, 0.5) is 4.39 Å². The zero-order valence-electron chi connectivity index (χ0n) is 9.75. The van der Waals surface area contributed by atoms with Gasteiger partial charge in [0, 0.05) is 9.35 Å². The highest BCUT2D eigenvalue weighted by Gasteiger charge is 2.14. The second-order valence-corrected chi connectivity index (χ2v) is 6.50. The Labute approximate surface area is 126 Å². The molecule has 2 aromatic heterocycles. The molecule has 0 aliphatic carbocycles. The van der Waals surface area contributed by atoms with Gasteiger partial charge < -0.3 is 0 Å². The zero-order valence-corrected chi connectivity index (χ0v) is 12.9. The van der Waals surface area contributed by atoms with Crippen molar-refractivity contribution >= 4 is 49.8 Å². The van der Waals surface area contributed by atoms with Gasteiger partial charge in [0.15, 0.2) is 5.82 Å². The molecule has 0 aliphatic rings. The van der Waals surface area contributed by atoms with Gasteiger partial charge in [-0.25, -0.2) is 14.4 Å². The van der Waals surface area contributed by atoms with E-state index in [1.54, 1.807) is 17.4 Å². The highest BCUT2D eigenvalue weighted by atomic mass is 79.9. The number of rotatable bonds is 1. The summed E-state index contributed by atoms with van der Waals surface area (Å²) < 4.78 is 14.6. The minimum Gasteiger partial charge on any atom is -0.224 e. The molecule has 0 spiro atoms. The van der Waals surface area contributed by atoms with Gasteiger partial charge in [0.1, 0.15) is 16.5 Å². The molecule has 0 atom stereocenters. The summed E-state index contributed by atoms with van der Waals surface area (Å²) in [5.41, 5.74) is 0.232. The van der Waals surface area contributed by atoms with E-state index in [0.717, 1.165) is 9.75 Å². The van der Waals surface area contributed by atoms with Crippen LogP contribution >= 0.6 is 38.9 Å². The molecule has 0 bridgehead atoms. The van der Waals surface area contributed by atoms with Crippen molar-refractivity contribution in [2.45, 2.75) is 6.92 Å². The average molecular weight is 358 g/mol. The SMILES string of the molecule is Cc1ccc(-c2nc(Cl)c3c(Br)ccc(F)c3n2)s1. The largest absolute Gasteiger partial charge is 0.224 e. The van der Waals surface area contributed by atoms with Crippen molar-refractivity contribution in [1.82, 2.24) is 9.97 Å². The highest BCUT2D eigenvalue weighted by Crippen LogP contribution is 2.33. The maximum Gasteiger partial charge on any atom is 0.171 e. The van der Waals surface area contributed by atoms with E-state index in [0.29, 0.717) is 15.7 Å². The van der Waals surface area contributed by atoms with E-state index in [1.165, 1.54) is 6.07 Å². The van der Waals surface area contributed by atoms with E-state index in [2.05, 4.69) is 25.9 Å². The molecule has 0 fully saturated rings. The first-order chi connectivity index (χ1) is 9.06. The highest BCUT2D eigenvalue weighted by molar-refractivity contribution is 9.10. The molecule has 0 N–H and O–H groups in total. The molecule has 19 heavy (non-hydrogen) atoms. The average Bonchev–Trinajstić information content (AvgIpc) is 2.80. The summed E-state index contributed by atoms with van der Waals surface area (Å²) in [4.78, 5) is 10.6. The quantitative estimate of drug-likeness (QED) is 0.558. The first kappa shape index (κ1) is 13.0. The Hall–Kier alpha value is -1.04. The first-order valence-electron chi connectivity index (χ1n) is 5.44. The Morgan fingerprint density at radius 2 is 2.00 bits per heavy atom. The van der Waals surface area contributed by atoms with Crippen molar-refractivity contribution in [3.8, 4) is 10.7 Å². The second kappa shape index (κ2) is 4.81. The fraction of sp³-hybridized carbons (Fsp3) is 0.0769. The summed E-state index contributed by atoms with van der Waals surface area (Å²) in [5, 5.41) is 0.746. The minimum absolute atomic E-state index is 0.232. The van der Waals surface area contributed by atoms with Crippen LogP contribution in [0.5, 0.6) is 0 Å². The molecule has 3 aromatic rings. The van der Waals surface area contributed by atoms with E-state index in [4.69, 9.17) is 11.6 Å². The molecule has 6 heteroatoms. The monoisotopic (exact) mass is 356 g/mol. The maximum atomic E-state index is 13.9. The van der Waals surface area contributed by atoms with Crippen LogP contribution in [0.3, 0.4) is 0 Å². The Bertz CT molecular complexity index is 788. The Morgan fingerprint density at radius 1 is 1.21 bits per heavy atom. The lowest BCUT2D eigenvalue weighted by atomic mass is 10.2. The summed E-state index contributed by atoms with van der Waals surface area (Å²) in [6.45, 7) is 1.99. The van der Waals surface area contributed by atoms with Crippen LogP contribution in [-0.2, 0) is 0 Å². The summed E-state index contributed by atoms with van der Waals surface area (Å²) in [5.74, 6) is 0.0460. The molecular formula is C13H7BrClFN2S. The van der Waals surface area contributed by atoms with Crippen LogP contribution < -0.4 is 0 Å². The number of fused-ring (bicyclic) bond motifs is 1. The van der Waals surface area contributed by atoms with Gasteiger partial charge in [-0.05, 0) is 47.1 Å². The third-order valence-corrected chi connectivity index (χ3v) is 4.60. The van der Waals surface area contributed by atoms with Gasteiger partial charge in [-0.3, -0.25) is 0 Å². The van der Waals surface area contributed by atoms with Gasteiger partial charge in [0.05, 0.1) is 10.3 Å². The molecule has 0 amide bonds. The van der Waals surface area contributed by atoms with Crippen molar-refractivity contribution in [2.75, 3.05) is 0 Å². The molecule has 96 valence electrons. The van der Waals surface area contributed by atoms with Gasteiger partial charge >= 0.3 is 0 Å². The molecule has 0 radical (unpaired) electrons. The number of benzene rings is 1. The molecule has 0 saturated carbocycles. The van der Waals surface area contributed by atoms with E-state index < -0.39 is 5.82 Å². The predicted octanol–water partition coefficient (Wildman–Crippen LogP) is 5.22.